The molecule has 0 radical (unpaired) electrons. The topological polar surface area (TPSA) is 46.5 Å². The third-order valence-corrected chi connectivity index (χ3v) is 3.79. The third-order valence-electron chi connectivity index (χ3n) is 2.98. The maximum atomic E-state index is 13.0. The minimum absolute atomic E-state index is 0.133. The van der Waals surface area contributed by atoms with Gasteiger partial charge in [0.15, 0.2) is 0 Å². The maximum Gasteiger partial charge on any atom is 0.396 e. The number of hydrogen-bond donors (Lipinski definition) is 1. The van der Waals surface area contributed by atoms with E-state index in [1.807, 2.05) is 0 Å². The lowest BCUT2D eigenvalue weighted by Crippen LogP contribution is -2.30. The van der Waals surface area contributed by atoms with E-state index in [1.165, 1.54) is 12.1 Å². The smallest absolute Gasteiger partial charge is 0.396 e. The molecule has 2 rings (SSSR count). The number of alkyl halides is 3. The second kappa shape index (κ2) is 5.88. The van der Waals surface area contributed by atoms with Crippen LogP contribution in [0.3, 0.4) is 0 Å². The average molecular weight is 386 g/mol. The normalized spacial score (nSPS) is 15.8. The van der Waals surface area contributed by atoms with Crippen molar-refractivity contribution in [3.05, 3.63) is 32.8 Å². The van der Waals surface area contributed by atoms with Gasteiger partial charge in [-0.1, -0.05) is 11.6 Å². The molecule has 21 heavy (non-hydrogen) atoms. The summed E-state index contributed by atoms with van der Waals surface area (Å²) in [7, 11) is 0. The van der Waals surface area contributed by atoms with E-state index < -0.39 is 24.5 Å². The summed E-state index contributed by atoms with van der Waals surface area (Å²) < 4.78 is 44.9. The molecule has 1 heterocycles. The zero-order valence-corrected chi connectivity index (χ0v) is 12.7. The summed E-state index contributed by atoms with van der Waals surface area (Å²) in [6.45, 7) is -0.315. The van der Waals surface area contributed by atoms with Gasteiger partial charge >= 0.3 is 12.1 Å². The summed E-state index contributed by atoms with van der Waals surface area (Å²) in [5.74, 6) is -3.21. The predicted octanol–water partition coefficient (Wildman–Crippen LogP) is 4.53. The summed E-state index contributed by atoms with van der Waals surface area (Å²) in [6, 6.07) is 3.03. The quantitative estimate of drug-likeness (QED) is 0.831. The second-order valence-electron chi connectivity index (χ2n) is 4.51. The first-order valence-corrected chi connectivity index (χ1v) is 6.96. The van der Waals surface area contributed by atoms with Gasteiger partial charge in [-0.2, -0.15) is 13.2 Å². The van der Waals surface area contributed by atoms with Gasteiger partial charge in [0.05, 0.1) is 16.8 Å². The fourth-order valence-electron chi connectivity index (χ4n) is 2.07. The van der Waals surface area contributed by atoms with Crippen LogP contribution in [0.2, 0.25) is 5.02 Å². The SMILES string of the molecule is O=C(O)CC(C1=Cc2cc(Cl)cc(Br)c2OC1)C(F)(F)F. The number of aliphatic carboxylic acids is 1. The van der Waals surface area contributed by atoms with E-state index in [-0.39, 0.29) is 12.2 Å². The Morgan fingerprint density at radius 2 is 2.14 bits per heavy atom. The fourth-order valence-corrected chi connectivity index (χ4v) is 3.02. The van der Waals surface area contributed by atoms with Gasteiger partial charge in [-0.15, -0.1) is 0 Å². The van der Waals surface area contributed by atoms with Crippen LogP contribution in [0, 0.1) is 5.92 Å². The predicted molar refractivity (Wildman–Crippen MR) is 74.4 cm³/mol. The van der Waals surface area contributed by atoms with Crippen molar-refractivity contribution in [3.8, 4) is 5.75 Å². The Kier molecular flexibility index (Phi) is 4.53. The van der Waals surface area contributed by atoms with E-state index in [0.29, 0.717) is 20.8 Å². The van der Waals surface area contributed by atoms with Gasteiger partial charge in [-0.25, -0.2) is 0 Å². The Morgan fingerprint density at radius 3 is 2.71 bits per heavy atom. The molecule has 0 fully saturated rings. The minimum Gasteiger partial charge on any atom is -0.487 e. The summed E-state index contributed by atoms with van der Waals surface area (Å²) in [6.07, 6.45) is -4.40. The number of ether oxygens (including phenoxy) is 1. The Morgan fingerprint density at radius 1 is 1.48 bits per heavy atom. The van der Waals surface area contributed by atoms with Crippen LogP contribution in [-0.2, 0) is 4.79 Å². The Balaban J connectivity index is 2.43. The second-order valence-corrected chi connectivity index (χ2v) is 5.80. The molecule has 0 aliphatic carbocycles. The molecule has 0 saturated heterocycles. The fraction of sp³-hybridized carbons (Fsp3) is 0.308. The Bertz CT molecular complexity index is 613. The van der Waals surface area contributed by atoms with Crippen LogP contribution < -0.4 is 4.74 Å². The summed E-state index contributed by atoms with van der Waals surface area (Å²) in [5.41, 5.74) is 0.252. The maximum absolute atomic E-state index is 13.0. The minimum atomic E-state index is -4.65. The van der Waals surface area contributed by atoms with Gasteiger partial charge in [0.1, 0.15) is 12.4 Å². The van der Waals surface area contributed by atoms with E-state index in [1.54, 1.807) is 6.07 Å². The molecule has 3 nitrogen and oxygen atoms in total. The van der Waals surface area contributed by atoms with Gasteiger partial charge in [0.2, 0.25) is 0 Å². The van der Waals surface area contributed by atoms with Crippen molar-refractivity contribution in [2.45, 2.75) is 12.6 Å². The molecule has 0 aromatic heterocycles. The van der Waals surface area contributed by atoms with Crippen molar-refractivity contribution in [1.82, 2.24) is 0 Å². The van der Waals surface area contributed by atoms with Gasteiger partial charge in [0, 0.05) is 10.6 Å². The molecule has 1 aliphatic rings. The van der Waals surface area contributed by atoms with Crippen molar-refractivity contribution >= 4 is 39.6 Å². The highest BCUT2D eigenvalue weighted by Gasteiger charge is 2.44. The first-order chi connectivity index (χ1) is 9.68. The standard InChI is InChI=1S/C13H9BrClF3O3/c14-10-3-8(15)2-6-1-7(5-21-12(6)10)9(4-11(19)20)13(16,17)18/h1-3,9H,4-5H2,(H,19,20). The zero-order chi connectivity index (χ0) is 15.8. The molecule has 1 aliphatic heterocycles. The lowest BCUT2D eigenvalue weighted by Gasteiger charge is -2.26. The molecule has 114 valence electrons. The number of carboxylic acids is 1. The van der Waals surface area contributed by atoms with Crippen LogP contribution >= 0.6 is 27.5 Å². The number of carboxylic acid groups (broad SMARTS) is 1. The number of halogens is 5. The van der Waals surface area contributed by atoms with Crippen molar-refractivity contribution in [1.29, 1.82) is 0 Å². The Hall–Kier alpha value is -1.21. The van der Waals surface area contributed by atoms with Crippen molar-refractivity contribution in [2.75, 3.05) is 6.61 Å². The first-order valence-electron chi connectivity index (χ1n) is 5.79. The van der Waals surface area contributed by atoms with E-state index in [9.17, 15) is 18.0 Å². The van der Waals surface area contributed by atoms with Gasteiger partial charge in [-0.3, -0.25) is 4.79 Å². The molecule has 1 aromatic rings. The number of rotatable bonds is 3. The number of carbonyl (C=O) groups is 1. The molecule has 1 atom stereocenters. The Labute approximate surface area is 131 Å². The highest BCUT2D eigenvalue weighted by Crippen LogP contribution is 2.41. The summed E-state index contributed by atoms with van der Waals surface area (Å²) >= 11 is 9.07. The highest BCUT2D eigenvalue weighted by atomic mass is 79.9. The molecule has 0 spiro atoms. The van der Waals surface area contributed by atoms with Crippen molar-refractivity contribution in [2.24, 2.45) is 5.92 Å². The molecule has 1 aromatic carbocycles. The molecular weight excluding hydrogens is 376 g/mol. The van der Waals surface area contributed by atoms with Gasteiger partial charge in [0.25, 0.3) is 0 Å². The van der Waals surface area contributed by atoms with Crippen LogP contribution in [0.1, 0.15) is 12.0 Å². The number of fused-ring (bicyclic) bond motifs is 1. The molecule has 8 heteroatoms. The summed E-state index contributed by atoms with van der Waals surface area (Å²) in [4.78, 5) is 10.7. The van der Waals surface area contributed by atoms with Crippen LogP contribution in [0.25, 0.3) is 6.08 Å². The molecular formula is C13H9BrClF3O3. The first kappa shape index (κ1) is 16.2. The van der Waals surface area contributed by atoms with Crippen molar-refractivity contribution in [3.63, 3.8) is 0 Å². The lowest BCUT2D eigenvalue weighted by molar-refractivity contribution is -0.174. The monoisotopic (exact) mass is 384 g/mol. The van der Waals surface area contributed by atoms with E-state index in [2.05, 4.69) is 15.9 Å². The van der Waals surface area contributed by atoms with Gasteiger partial charge in [-0.05, 0) is 39.7 Å². The molecule has 0 bridgehead atoms. The van der Waals surface area contributed by atoms with Gasteiger partial charge < -0.3 is 9.84 Å². The van der Waals surface area contributed by atoms with Crippen LogP contribution in [0.15, 0.2) is 22.2 Å². The van der Waals surface area contributed by atoms with Crippen LogP contribution in [-0.4, -0.2) is 23.9 Å². The molecule has 0 amide bonds. The average Bonchev–Trinajstić information content (AvgIpc) is 2.33. The number of hydrogen-bond acceptors (Lipinski definition) is 2. The number of benzene rings is 1. The van der Waals surface area contributed by atoms with E-state index >= 15 is 0 Å². The zero-order valence-electron chi connectivity index (χ0n) is 10.4. The highest BCUT2D eigenvalue weighted by molar-refractivity contribution is 9.10. The third kappa shape index (κ3) is 3.71. The molecule has 1 N–H and O–H groups in total. The largest absolute Gasteiger partial charge is 0.487 e. The molecule has 0 saturated carbocycles. The van der Waals surface area contributed by atoms with E-state index in [0.717, 1.165) is 0 Å². The van der Waals surface area contributed by atoms with Crippen molar-refractivity contribution < 1.29 is 27.8 Å². The van der Waals surface area contributed by atoms with Crippen LogP contribution in [0.5, 0.6) is 5.75 Å². The lowest BCUT2D eigenvalue weighted by atomic mass is 9.92. The van der Waals surface area contributed by atoms with Crippen LogP contribution in [0.4, 0.5) is 13.2 Å². The molecule has 1 unspecified atom stereocenters. The summed E-state index contributed by atoms with van der Waals surface area (Å²) in [5, 5.41) is 9.00. The van der Waals surface area contributed by atoms with E-state index in [4.69, 9.17) is 21.4 Å².